The highest BCUT2D eigenvalue weighted by Crippen LogP contribution is 2.37. The lowest BCUT2D eigenvalue weighted by Crippen LogP contribution is -2.09. The smallest absolute Gasteiger partial charge is 0.266 e. The number of nitriles is 1. The maximum atomic E-state index is 12.6. The highest BCUT2D eigenvalue weighted by atomic mass is 32.1. The third-order valence-electron chi connectivity index (χ3n) is 4.39. The van der Waals surface area contributed by atoms with E-state index in [9.17, 15) is 10.1 Å². The van der Waals surface area contributed by atoms with Crippen LogP contribution in [0.15, 0.2) is 72.1 Å². The number of aromatic nitrogens is 1. The molecule has 2 heterocycles. The van der Waals surface area contributed by atoms with E-state index < -0.39 is 0 Å². The number of carbonyl (C=O) groups is 1. The molecule has 30 heavy (non-hydrogen) atoms. The summed E-state index contributed by atoms with van der Waals surface area (Å²) in [6.07, 6.45) is 1.82. The molecule has 0 unspecified atom stereocenters. The fourth-order valence-corrected chi connectivity index (χ4v) is 4.42. The summed E-state index contributed by atoms with van der Waals surface area (Å²) in [4.78, 5) is 18.0. The molecule has 2 aromatic carbocycles. The number of allylic oxidation sites excluding steroid dienone is 1. The normalized spacial score (nSPS) is 11.1. The molecule has 0 aliphatic carbocycles. The Kier molecular flexibility index (Phi) is 5.84. The zero-order valence-electron chi connectivity index (χ0n) is 16.1. The van der Waals surface area contributed by atoms with Crippen LogP contribution in [0.25, 0.3) is 22.9 Å². The fraction of sp³-hybridized carbons (Fsp3) is 0.0417. The quantitative estimate of drug-likeness (QED) is 0.370. The molecule has 4 rings (SSSR count). The largest absolute Gasteiger partial charge is 0.311 e. The van der Waals surface area contributed by atoms with E-state index >= 15 is 0 Å². The summed E-state index contributed by atoms with van der Waals surface area (Å²) >= 11 is 2.69. The van der Waals surface area contributed by atoms with E-state index in [2.05, 4.69) is 11.4 Å². The van der Waals surface area contributed by atoms with Crippen molar-refractivity contribution in [3.05, 3.63) is 93.1 Å². The SMILES string of the molecule is Cc1ccc(/C=C(\C#N)c2nc(-c3ccccc3)c(NC(=O)c3cccs3)s2)cc1. The summed E-state index contributed by atoms with van der Waals surface area (Å²) in [5.41, 5.74) is 4.08. The second kappa shape index (κ2) is 8.87. The molecular weight excluding hydrogens is 410 g/mol. The van der Waals surface area contributed by atoms with Gasteiger partial charge in [-0.25, -0.2) is 4.98 Å². The molecule has 4 nitrogen and oxygen atoms in total. The molecule has 0 radical (unpaired) electrons. The summed E-state index contributed by atoms with van der Waals surface area (Å²) in [5, 5.41) is 15.8. The molecule has 0 saturated carbocycles. The van der Waals surface area contributed by atoms with E-state index in [0.29, 0.717) is 26.2 Å². The van der Waals surface area contributed by atoms with Crippen molar-refractivity contribution in [1.82, 2.24) is 4.98 Å². The molecule has 1 N–H and O–H groups in total. The number of thiazole rings is 1. The standard InChI is InChI=1S/C24H17N3OS2/c1-16-9-11-17(12-10-16)14-19(15-25)23-26-21(18-6-3-2-4-7-18)24(30-23)27-22(28)20-8-5-13-29-20/h2-14H,1H3,(H,27,28)/b19-14+. The van der Waals surface area contributed by atoms with Crippen molar-refractivity contribution in [2.45, 2.75) is 6.92 Å². The van der Waals surface area contributed by atoms with E-state index in [1.54, 1.807) is 6.07 Å². The van der Waals surface area contributed by atoms with Crippen LogP contribution >= 0.6 is 22.7 Å². The number of benzene rings is 2. The molecule has 0 fully saturated rings. The topological polar surface area (TPSA) is 65.8 Å². The lowest BCUT2D eigenvalue weighted by Gasteiger charge is -2.03. The Labute approximate surface area is 182 Å². The molecular formula is C24H17N3OS2. The highest BCUT2D eigenvalue weighted by molar-refractivity contribution is 7.18. The van der Waals surface area contributed by atoms with Gasteiger partial charge >= 0.3 is 0 Å². The minimum absolute atomic E-state index is 0.182. The predicted molar refractivity (Wildman–Crippen MR) is 124 cm³/mol. The molecule has 0 aliphatic heterocycles. The van der Waals surface area contributed by atoms with Crippen molar-refractivity contribution >= 4 is 45.2 Å². The van der Waals surface area contributed by atoms with E-state index in [1.165, 1.54) is 22.7 Å². The van der Waals surface area contributed by atoms with Gasteiger partial charge in [0.1, 0.15) is 21.8 Å². The Hall–Kier alpha value is -3.53. The average molecular weight is 428 g/mol. The van der Waals surface area contributed by atoms with Gasteiger partial charge < -0.3 is 5.32 Å². The van der Waals surface area contributed by atoms with E-state index in [-0.39, 0.29) is 5.91 Å². The Morgan fingerprint density at radius 3 is 2.50 bits per heavy atom. The summed E-state index contributed by atoms with van der Waals surface area (Å²) < 4.78 is 0. The molecule has 6 heteroatoms. The first kappa shape index (κ1) is 19.8. The fourth-order valence-electron chi connectivity index (χ4n) is 2.86. The van der Waals surface area contributed by atoms with Crippen LogP contribution in [-0.4, -0.2) is 10.9 Å². The minimum atomic E-state index is -0.182. The Balaban J connectivity index is 1.75. The van der Waals surface area contributed by atoms with Crippen LogP contribution in [0.1, 0.15) is 25.8 Å². The highest BCUT2D eigenvalue weighted by Gasteiger charge is 2.19. The van der Waals surface area contributed by atoms with Gasteiger partial charge in [-0.3, -0.25) is 4.79 Å². The van der Waals surface area contributed by atoms with Crippen LogP contribution in [0, 0.1) is 18.3 Å². The van der Waals surface area contributed by atoms with Crippen molar-refractivity contribution in [2.24, 2.45) is 0 Å². The summed E-state index contributed by atoms with van der Waals surface area (Å²) in [5.74, 6) is -0.182. The van der Waals surface area contributed by atoms with Gasteiger partial charge in [-0.2, -0.15) is 5.26 Å². The molecule has 0 bridgehead atoms. The molecule has 0 aliphatic rings. The summed E-state index contributed by atoms with van der Waals surface area (Å²) in [6, 6.07) is 23.5. The maximum absolute atomic E-state index is 12.6. The first-order valence-corrected chi connectivity index (χ1v) is 10.9. The number of aryl methyl sites for hydroxylation is 1. The molecule has 0 saturated heterocycles. The molecule has 0 spiro atoms. The second-order valence-corrected chi connectivity index (χ2v) is 8.52. The monoisotopic (exact) mass is 427 g/mol. The zero-order valence-corrected chi connectivity index (χ0v) is 17.8. The number of nitrogens with one attached hydrogen (secondary N) is 1. The van der Waals surface area contributed by atoms with Crippen LogP contribution in [0.4, 0.5) is 5.00 Å². The first-order valence-electron chi connectivity index (χ1n) is 9.24. The average Bonchev–Trinajstić information content (AvgIpc) is 3.44. The van der Waals surface area contributed by atoms with Crippen LogP contribution in [0.2, 0.25) is 0 Å². The molecule has 4 aromatic rings. The van der Waals surface area contributed by atoms with Crippen molar-refractivity contribution < 1.29 is 4.79 Å². The number of anilines is 1. The Bertz CT molecular complexity index is 1230. The third-order valence-corrected chi connectivity index (χ3v) is 6.26. The van der Waals surface area contributed by atoms with E-state index in [1.807, 2.05) is 79.0 Å². The number of rotatable bonds is 5. The van der Waals surface area contributed by atoms with Gasteiger partial charge in [-0.05, 0) is 30.0 Å². The molecule has 2 aromatic heterocycles. The Morgan fingerprint density at radius 2 is 1.83 bits per heavy atom. The molecule has 146 valence electrons. The Morgan fingerprint density at radius 1 is 1.07 bits per heavy atom. The van der Waals surface area contributed by atoms with Crippen LogP contribution in [0.3, 0.4) is 0 Å². The lowest BCUT2D eigenvalue weighted by molar-refractivity contribution is 0.103. The number of nitrogens with zero attached hydrogens (tertiary/aromatic N) is 2. The zero-order chi connectivity index (χ0) is 20.9. The van der Waals surface area contributed by atoms with Gasteiger partial charge in [0, 0.05) is 5.56 Å². The predicted octanol–water partition coefficient (Wildman–Crippen LogP) is 6.50. The second-order valence-electron chi connectivity index (χ2n) is 6.57. The van der Waals surface area contributed by atoms with E-state index in [4.69, 9.17) is 4.98 Å². The van der Waals surface area contributed by atoms with Crippen molar-refractivity contribution in [3.63, 3.8) is 0 Å². The first-order chi connectivity index (χ1) is 14.6. The van der Waals surface area contributed by atoms with Crippen molar-refractivity contribution in [3.8, 4) is 17.3 Å². The summed E-state index contributed by atoms with van der Waals surface area (Å²) in [7, 11) is 0. The van der Waals surface area contributed by atoms with Gasteiger partial charge in [0.05, 0.1) is 10.5 Å². The van der Waals surface area contributed by atoms with Crippen LogP contribution in [-0.2, 0) is 0 Å². The summed E-state index contributed by atoms with van der Waals surface area (Å²) in [6.45, 7) is 2.02. The van der Waals surface area contributed by atoms with Crippen molar-refractivity contribution in [2.75, 3.05) is 5.32 Å². The van der Waals surface area contributed by atoms with Crippen LogP contribution in [0.5, 0.6) is 0 Å². The lowest BCUT2D eigenvalue weighted by atomic mass is 10.1. The number of amides is 1. The van der Waals surface area contributed by atoms with Crippen LogP contribution < -0.4 is 5.32 Å². The number of carbonyl (C=O) groups excluding carboxylic acids is 1. The van der Waals surface area contributed by atoms with Gasteiger partial charge in [-0.15, -0.1) is 11.3 Å². The van der Waals surface area contributed by atoms with Gasteiger partial charge in [0.2, 0.25) is 0 Å². The number of thiophene rings is 1. The number of hydrogen-bond acceptors (Lipinski definition) is 5. The van der Waals surface area contributed by atoms with Gasteiger partial charge in [0.15, 0.2) is 0 Å². The molecule has 1 amide bonds. The third kappa shape index (κ3) is 4.38. The minimum Gasteiger partial charge on any atom is -0.311 e. The van der Waals surface area contributed by atoms with Crippen molar-refractivity contribution in [1.29, 1.82) is 5.26 Å². The van der Waals surface area contributed by atoms with Gasteiger partial charge in [-0.1, -0.05) is 77.6 Å². The van der Waals surface area contributed by atoms with Gasteiger partial charge in [0.25, 0.3) is 5.91 Å². The maximum Gasteiger partial charge on any atom is 0.266 e. The molecule has 0 atom stereocenters. The van der Waals surface area contributed by atoms with E-state index in [0.717, 1.165) is 16.7 Å². The number of hydrogen-bond donors (Lipinski definition) is 1.